The van der Waals surface area contributed by atoms with E-state index in [0.717, 1.165) is 41.8 Å². The molecule has 0 radical (unpaired) electrons. The van der Waals surface area contributed by atoms with Gasteiger partial charge in [-0.3, -0.25) is 4.90 Å². The van der Waals surface area contributed by atoms with Gasteiger partial charge >= 0.3 is 6.01 Å². The van der Waals surface area contributed by atoms with Crippen molar-refractivity contribution in [1.82, 2.24) is 19.4 Å². The van der Waals surface area contributed by atoms with Crippen LogP contribution in [0.1, 0.15) is 24.1 Å². The van der Waals surface area contributed by atoms with Crippen LogP contribution in [0.3, 0.4) is 0 Å². The molecule has 0 amide bonds. The minimum Gasteiger partial charge on any atom is -0.411 e. The lowest BCUT2D eigenvalue weighted by molar-refractivity contribution is 0.303. The van der Waals surface area contributed by atoms with E-state index >= 15 is 0 Å². The number of rotatable bonds is 5. The fourth-order valence-electron chi connectivity index (χ4n) is 3.79. The molecule has 1 saturated heterocycles. The maximum atomic E-state index is 14.2. The van der Waals surface area contributed by atoms with Crippen LogP contribution in [-0.2, 0) is 13.1 Å². The van der Waals surface area contributed by atoms with Crippen molar-refractivity contribution >= 4 is 11.0 Å². The van der Waals surface area contributed by atoms with Crippen molar-refractivity contribution in [3.05, 3.63) is 72.1 Å². The second-order valence-corrected chi connectivity index (χ2v) is 7.28. The van der Waals surface area contributed by atoms with E-state index in [2.05, 4.69) is 25.5 Å². The van der Waals surface area contributed by atoms with E-state index in [-0.39, 0.29) is 0 Å². The Bertz CT molecular complexity index is 1090. The van der Waals surface area contributed by atoms with Gasteiger partial charge in [0.2, 0.25) is 5.89 Å². The van der Waals surface area contributed by atoms with Crippen LogP contribution >= 0.6 is 0 Å². The highest BCUT2D eigenvalue weighted by molar-refractivity contribution is 5.75. The van der Waals surface area contributed by atoms with Gasteiger partial charge in [-0.1, -0.05) is 24.3 Å². The highest BCUT2D eigenvalue weighted by atomic mass is 19.1. The van der Waals surface area contributed by atoms with Crippen molar-refractivity contribution in [2.75, 3.05) is 13.1 Å². The number of oxazole rings is 1. The molecule has 6 heteroatoms. The number of para-hydroxylation sites is 2. The van der Waals surface area contributed by atoms with Crippen LogP contribution in [0.4, 0.5) is 4.39 Å². The first-order valence-electron chi connectivity index (χ1n) is 9.63. The zero-order chi connectivity index (χ0) is 18.9. The molecule has 4 aromatic rings. The minimum atomic E-state index is -0.573. The molecule has 0 saturated carbocycles. The van der Waals surface area contributed by atoms with Crippen LogP contribution in [0.2, 0.25) is 0 Å². The Labute approximate surface area is 162 Å². The van der Waals surface area contributed by atoms with E-state index in [9.17, 15) is 4.39 Å². The molecular weight excluding hydrogens is 355 g/mol. The molecule has 0 aliphatic carbocycles. The van der Waals surface area contributed by atoms with Gasteiger partial charge in [0.1, 0.15) is 5.69 Å². The first-order chi connectivity index (χ1) is 13.8. The van der Waals surface area contributed by atoms with Gasteiger partial charge in [0.15, 0.2) is 0 Å². The maximum absolute atomic E-state index is 14.2. The third-order valence-electron chi connectivity index (χ3n) is 5.30. The summed E-state index contributed by atoms with van der Waals surface area (Å²) in [5.41, 5.74) is 4.40. The summed E-state index contributed by atoms with van der Waals surface area (Å²) in [5.74, 6) is 0.339. The van der Waals surface area contributed by atoms with E-state index in [1.807, 2.05) is 48.8 Å². The predicted molar refractivity (Wildman–Crippen MR) is 105 cm³/mol. The standard InChI is InChI=1S/C22H21FN4O/c23-21-19(14-26-11-3-4-12-26)25-22(28-21)17-9-7-16(8-10-17)13-27-15-24-18-5-1-2-6-20(18)27/h1-2,5-10,15H,3-4,11-14H2. The Balaban J connectivity index is 1.33. The van der Waals surface area contributed by atoms with Gasteiger partial charge in [-0.05, 0) is 55.8 Å². The van der Waals surface area contributed by atoms with Crippen LogP contribution in [0.15, 0.2) is 59.3 Å². The molecule has 28 heavy (non-hydrogen) atoms. The van der Waals surface area contributed by atoms with Crippen LogP contribution in [0.25, 0.3) is 22.5 Å². The number of aromatic nitrogens is 3. The Kier molecular flexibility index (Phi) is 4.41. The first-order valence-corrected chi connectivity index (χ1v) is 9.63. The molecular formula is C22H21FN4O. The lowest BCUT2D eigenvalue weighted by Gasteiger charge is -2.11. The second kappa shape index (κ2) is 7.20. The molecule has 3 heterocycles. The molecule has 1 aliphatic rings. The van der Waals surface area contributed by atoms with E-state index in [1.165, 1.54) is 12.8 Å². The molecule has 0 spiro atoms. The molecule has 142 valence electrons. The lowest BCUT2D eigenvalue weighted by atomic mass is 10.1. The smallest absolute Gasteiger partial charge is 0.302 e. The molecule has 0 N–H and O–H groups in total. The zero-order valence-corrected chi connectivity index (χ0v) is 15.5. The zero-order valence-electron chi connectivity index (χ0n) is 15.5. The van der Waals surface area contributed by atoms with Gasteiger partial charge in [0.25, 0.3) is 0 Å². The molecule has 2 aromatic heterocycles. The van der Waals surface area contributed by atoms with Crippen LogP contribution < -0.4 is 0 Å². The molecule has 0 bridgehead atoms. The highest BCUT2D eigenvalue weighted by Gasteiger charge is 2.19. The summed E-state index contributed by atoms with van der Waals surface area (Å²) in [7, 11) is 0. The molecule has 0 unspecified atom stereocenters. The fourth-order valence-corrected chi connectivity index (χ4v) is 3.79. The van der Waals surface area contributed by atoms with Crippen molar-refractivity contribution in [2.24, 2.45) is 0 Å². The Morgan fingerprint density at radius 1 is 0.964 bits per heavy atom. The van der Waals surface area contributed by atoms with Gasteiger partial charge in [-0.25, -0.2) is 9.97 Å². The summed E-state index contributed by atoms with van der Waals surface area (Å²) < 4.78 is 21.6. The van der Waals surface area contributed by atoms with E-state index in [4.69, 9.17) is 4.42 Å². The Hall–Kier alpha value is -2.99. The van der Waals surface area contributed by atoms with Crippen molar-refractivity contribution in [3.8, 4) is 11.5 Å². The summed E-state index contributed by atoms with van der Waals surface area (Å²) in [6, 6.07) is 15.4. The molecule has 0 atom stereocenters. The van der Waals surface area contributed by atoms with Crippen molar-refractivity contribution < 1.29 is 8.81 Å². The summed E-state index contributed by atoms with van der Waals surface area (Å²) in [6.45, 7) is 3.24. The number of hydrogen-bond acceptors (Lipinski definition) is 4. The summed E-state index contributed by atoms with van der Waals surface area (Å²) >= 11 is 0. The van der Waals surface area contributed by atoms with Crippen LogP contribution in [0, 0.1) is 6.01 Å². The topological polar surface area (TPSA) is 47.1 Å². The highest BCUT2D eigenvalue weighted by Crippen LogP contribution is 2.24. The largest absolute Gasteiger partial charge is 0.411 e. The number of hydrogen-bond donors (Lipinski definition) is 0. The predicted octanol–water partition coefficient (Wildman–Crippen LogP) is 4.47. The molecule has 5 rings (SSSR count). The van der Waals surface area contributed by atoms with Gasteiger partial charge in [-0.15, -0.1) is 0 Å². The summed E-state index contributed by atoms with van der Waals surface area (Å²) in [5, 5.41) is 0. The Morgan fingerprint density at radius 3 is 2.57 bits per heavy atom. The van der Waals surface area contributed by atoms with E-state index in [1.54, 1.807) is 0 Å². The van der Waals surface area contributed by atoms with Crippen molar-refractivity contribution in [1.29, 1.82) is 0 Å². The normalized spacial score (nSPS) is 14.9. The van der Waals surface area contributed by atoms with E-state index < -0.39 is 6.01 Å². The van der Waals surface area contributed by atoms with Crippen LogP contribution in [-0.4, -0.2) is 32.5 Å². The number of benzene rings is 2. The Morgan fingerprint density at radius 2 is 1.75 bits per heavy atom. The van der Waals surface area contributed by atoms with Gasteiger partial charge in [0.05, 0.1) is 17.4 Å². The average molecular weight is 376 g/mol. The van der Waals surface area contributed by atoms with Gasteiger partial charge in [0, 0.05) is 18.7 Å². The van der Waals surface area contributed by atoms with Gasteiger partial charge < -0.3 is 8.98 Å². The van der Waals surface area contributed by atoms with E-state index in [0.29, 0.717) is 18.1 Å². The number of imidazole rings is 1. The SMILES string of the molecule is Fc1oc(-c2ccc(Cn3cnc4ccccc43)cc2)nc1CN1CCCC1. The first kappa shape index (κ1) is 17.1. The third kappa shape index (κ3) is 3.31. The minimum absolute atomic E-state index is 0.339. The average Bonchev–Trinajstić information content (AvgIpc) is 3.45. The molecule has 2 aromatic carbocycles. The second-order valence-electron chi connectivity index (χ2n) is 7.28. The molecule has 1 aliphatic heterocycles. The van der Waals surface area contributed by atoms with Crippen molar-refractivity contribution in [2.45, 2.75) is 25.9 Å². The quantitative estimate of drug-likeness (QED) is 0.515. The third-order valence-corrected chi connectivity index (χ3v) is 5.30. The number of halogens is 1. The lowest BCUT2D eigenvalue weighted by Crippen LogP contribution is -2.19. The van der Waals surface area contributed by atoms with Crippen molar-refractivity contribution in [3.63, 3.8) is 0 Å². The maximum Gasteiger partial charge on any atom is 0.302 e. The number of nitrogens with zero attached hydrogens (tertiary/aromatic N) is 4. The number of likely N-dealkylation sites (tertiary alicyclic amines) is 1. The fraction of sp³-hybridized carbons (Fsp3) is 0.273. The van der Waals surface area contributed by atoms with Crippen LogP contribution in [0.5, 0.6) is 0 Å². The summed E-state index contributed by atoms with van der Waals surface area (Å²) in [4.78, 5) is 11.0. The van der Waals surface area contributed by atoms with Gasteiger partial charge in [-0.2, -0.15) is 4.39 Å². The molecule has 5 nitrogen and oxygen atoms in total. The summed E-state index contributed by atoms with van der Waals surface area (Å²) in [6.07, 6.45) is 4.19. The monoisotopic (exact) mass is 376 g/mol. The molecule has 1 fully saturated rings. The number of fused-ring (bicyclic) bond motifs is 1.